The Bertz CT molecular complexity index is 305. The Morgan fingerprint density at radius 3 is 2.56 bits per heavy atom. The minimum absolute atomic E-state index is 0.0195. The van der Waals surface area contributed by atoms with E-state index in [1.54, 1.807) is 0 Å². The number of nitrogens with one attached hydrogen (secondary N) is 2. The van der Waals surface area contributed by atoms with E-state index in [0.717, 1.165) is 45.3 Å². The lowest BCUT2D eigenvalue weighted by molar-refractivity contribution is -0.137. The van der Waals surface area contributed by atoms with Crippen LogP contribution in [0.1, 0.15) is 32.6 Å². The van der Waals surface area contributed by atoms with Crippen LogP contribution in [0.3, 0.4) is 0 Å². The summed E-state index contributed by atoms with van der Waals surface area (Å²) >= 11 is 0. The number of hydrogen-bond donors (Lipinski definition) is 2. The van der Waals surface area contributed by atoms with Crippen LogP contribution >= 0.6 is 0 Å². The molecule has 0 bridgehead atoms. The van der Waals surface area contributed by atoms with Crippen LogP contribution in [-0.2, 0) is 9.59 Å². The van der Waals surface area contributed by atoms with Crippen molar-refractivity contribution in [3.05, 3.63) is 0 Å². The fourth-order valence-electron chi connectivity index (χ4n) is 2.80. The maximum absolute atomic E-state index is 12.2. The molecule has 5 nitrogen and oxygen atoms in total. The third-order valence-electron chi connectivity index (χ3n) is 3.89. The number of carbonyl (C=O) groups excluding carboxylic acids is 2. The summed E-state index contributed by atoms with van der Waals surface area (Å²) in [6.45, 7) is 5.01. The Labute approximate surface area is 108 Å². The van der Waals surface area contributed by atoms with E-state index in [2.05, 4.69) is 10.6 Å². The first-order valence-electron chi connectivity index (χ1n) is 7.02. The molecule has 0 aliphatic carbocycles. The fourth-order valence-corrected chi connectivity index (χ4v) is 2.80. The molecule has 2 aliphatic rings. The van der Waals surface area contributed by atoms with Crippen LogP contribution < -0.4 is 10.6 Å². The smallest absolute Gasteiger partial charge is 0.239 e. The molecule has 5 heteroatoms. The normalized spacial score (nSPS) is 25.2. The molecule has 18 heavy (non-hydrogen) atoms. The summed E-state index contributed by atoms with van der Waals surface area (Å²) in [6, 6.07) is 0.0195. The Kier molecular flexibility index (Phi) is 4.58. The minimum atomic E-state index is 0.0195. The zero-order valence-corrected chi connectivity index (χ0v) is 11.1. The molecule has 102 valence electrons. The van der Waals surface area contributed by atoms with E-state index in [9.17, 15) is 9.59 Å². The molecule has 0 unspecified atom stereocenters. The van der Waals surface area contributed by atoms with Gasteiger partial charge < -0.3 is 15.5 Å². The van der Waals surface area contributed by atoms with Gasteiger partial charge in [0.05, 0.1) is 6.04 Å². The number of hydrogen-bond acceptors (Lipinski definition) is 3. The molecule has 2 aliphatic heterocycles. The molecule has 0 aromatic carbocycles. The van der Waals surface area contributed by atoms with Crippen LogP contribution in [0.2, 0.25) is 0 Å². The molecule has 2 N–H and O–H groups in total. The predicted octanol–water partition coefficient (Wildman–Crippen LogP) is 0.113. The highest BCUT2D eigenvalue weighted by Gasteiger charge is 2.31. The van der Waals surface area contributed by atoms with E-state index >= 15 is 0 Å². The standard InChI is InChI=1S/C13H23N3O2/c1-2-14-12(17)10-5-8-16(9-6-10)13(18)11-4-3-7-15-11/h10-11,15H,2-9H2,1H3,(H,14,17)/t11-/m1/s1. The van der Waals surface area contributed by atoms with Gasteiger partial charge in [0.1, 0.15) is 0 Å². The second-order valence-electron chi connectivity index (χ2n) is 5.14. The minimum Gasteiger partial charge on any atom is -0.356 e. The summed E-state index contributed by atoms with van der Waals surface area (Å²) in [7, 11) is 0. The SMILES string of the molecule is CCNC(=O)C1CCN(C(=O)[C@H]2CCCN2)CC1. The van der Waals surface area contributed by atoms with Crippen molar-refractivity contribution in [2.75, 3.05) is 26.2 Å². The van der Waals surface area contributed by atoms with Gasteiger partial charge >= 0.3 is 0 Å². The van der Waals surface area contributed by atoms with Gasteiger partial charge in [0.25, 0.3) is 0 Å². The van der Waals surface area contributed by atoms with Gasteiger partial charge in [-0.15, -0.1) is 0 Å². The fraction of sp³-hybridized carbons (Fsp3) is 0.846. The molecule has 0 radical (unpaired) electrons. The van der Waals surface area contributed by atoms with Crippen LogP contribution in [0.15, 0.2) is 0 Å². The van der Waals surface area contributed by atoms with E-state index in [4.69, 9.17) is 0 Å². The number of likely N-dealkylation sites (tertiary alicyclic amines) is 1. The maximum Gasteiger partial charge on any atom is 0.239 e. The molecule has 1 atom stereocenters. The third kappa shape index (κ3) is 3.02. The first-order chi connectivity index (χ1) is 8.72. The van der Waals surface area contributed by atoms with Gasteiger partial charge in [0, 0.05) is 25.6 Å². The van der Waals surface area contributed by atoms with Crippen molar-refractivity contribution in [2.24, 2.45) is 5.92 Å². The van der Waals surface area contributed by atoms with Crippen LogP contribution in [-0.4, -0.2) is 48.9 Å². The van der Waals surface area contributed by atoms with Gasteiger partial charge in [0.2, 0.25) is 11.8 Å². The van der Waals surface area contributed by atoms with Crippen molar-refractivity contribution in [3.8, 4) is 0 Å². The molecule has 2 saturated heterocycles. The maximum atomic E-state index is 12.2. The second-order valence-corrected chi connectivity index (χ2v) is 5.14. The lowest BCUT2D eigenvalue weighted by Crippen LogP contribution is -2.48. The Morgan fingerprint density at radius 2 is 2.00 bits per heavy atom. The first kappa shape index (κ1) is 13.3. The summed E-state index contributed by atoms with van der Waals surface area (Å²) in [6.07, 6.45) is 3.63. The average Bonchev–Trinajstić information content (AvgIpc) is 2.92. The summed E-state index contributed by atoms with van der Waals surface area (Å²) < 4.78 is 0. The second kappa shape index (κ2) is 6.18. The first-order valence-corrected chi connectivity index (χ1v) is 7.02. The lowest BCUT2D eigenvalue weighted by atomic mass is 9.95. The van der Waals surface area contributed by atoms with Crippen molar-refractivity contribution >= 4 is 11.8 Å². The van der Waals surface area contributed by atoms with Crippen molar-refractivity contribution in [3.63, 3.8) is 0 Å². The van der Waals surface area contributed by atoms with Crippen LogP contribution in [0.4, 0.5) is 0 Å². The Morgan fingerprint density at radius 1 is 1.28 bits per heavy atom. The summed E-state index contributed by atoms with van der Waals surface area (Å²) in [5, 5.41) is 6.10. The molecule has 0 aromatic rings. The van der Waals surface area contributed by atoms with E-state index in [0.29, 0.717) is 6.54 Å². The van der Waals surface area contributed by atoms with E-state index < -0.39 is 0 Å². The highest BCUT2D eigenvalue weighted by Crippen LogP contribution is 2.19. The molecular formula is C13H23N3O2. The zero-order valence-electron chi connectivity index (χ0n) is 11.1. The monoisotopic (exact) mass is 253 g/mol. The van der Waals surface area contributed by atoms with Gasteiger partial charge in [-0.2, -0.15) is 0 Å². The predicted molar refractivity (Wildman–Crippen MR) is 69.0 cm³/mol. The zero-order chi connectivity index (χ0) is 13.0. The molecule has 2 rings (SSSR count). The number of piperidine rings is 1. The largest absolute Gasteiger partial charge is 0.356 e. The highest BCUT2D eigenvalue weighted by molar-refractivity contribution is 5.83. The van der Waals surface area contributed by atoms with E-state index in [-0.39, 0.29) is 23.8 Å². The van der Waals surface area contributed by atoms with Crippen molar-refractivity contribution in [1.29, 1.82) is 0 Å². The number of rotatable bonds is 3. The summed E-state index contributed by atoms with van der Waals surface area (Å²) in [4.78, 5) is 25.8. The number of nitrogens with zero attached hydrogens (tertiary/aromatic N) is 1. The van der Waals surface area contributed by atoms with Crippen LogP contribution in [0, 0.1) is 5.92 Å². The molecular weight excluding hydrogens is 230 g/mol. The molecule has 0 spiro atoms. The van der Waals surface area contributed by atoms with Crippen molar-refractivity contribution in [2.45, 2.75) is 38.6 Å². The van der Waals surface area contributed by atoms with Crippen LogP contribution in [0.25, 0.3) is 0 Å². The van der Waals surface area contributed by atoms with Crippen LogP contribution in [0.5, 0.6) is 0 Å². The van der Waals surface area contributed by atoms with E-state index in [1.807, 2.05) is 11.8 Å². The number of carbonyl (C=O) groups is 2. The van der Waals surface area contributed by atoms with Gasteiger partial charge in [-0.05, 0) is 39.2 Å². The molecule has 0 aromatic heterocycles. The van der Waals surface area contributed by atoms with Crippen molar-refractivity contribution < 1.29 is 9.59 Å². The van der Waals surface area contributed by atoms with Gasteiger partial charge in [0.15, 0.2) is 0 Å². The third-order valence-corrected chi connectivity index (χ3v) is 3.89. The number of amides is 2. The highest BCUT2D eigenvalue weighted by atomic mass is 16.2. The lowest BCUT2D eigenvalue weighted by Gasteiger charge is -2.32. The quantitative estimate of drug-likeness (QED) is 0.750. The molecule has 2 heterocycles. The molecule has 0 saturated carbocycles. The van der Waals surface area contributed by atoms with Gasteiger partial charge in [-0.3, -0.25) is 9.59 Å². The summed E-state index contributed by atoms with van der Waals surface area (Å²) in [5.41, 5.74) is 0. The Balaban J connectivity index is 1.79. The van der Waals surface area contributed by atoms with E-state index in [1.165, 1.54) is 0 Å². The van der Waals surface area contributed by atoms with Gasteiger partial charge in [-0.1, -0.05) is 0 Å². The molecule has 2 amide bonds. The summed E-state index contributed by atoms with van der Waals surface area (Å²) in [5.74, 6) is 0.455. The topological polar surface area (TPSA) is 61.4 Å². The molecule has 2 fully saturated rings. The van der Waals surface area contributed by atoms with Gasteiger partial charge in [-0.25, -0.2) is 0 Å². The average molecular weight is 253 g/mol. The van der Waals surface area contributed by atoms with Crippen molar-refractivity contribution in [1.82, 2.24) is 15.5 Å². The Hall–Kier alpha value is -1.10.